The van der Waals surface area contributed by atoms with Crippen molar-refractivity contribution >= 4 is 17.9 Å². The summed E-state index contributed by atoms with van der Waals surface area (Å²) in [5, 5.41) is 0. The highest BCUT2D eigenvalue weighted by atomic mass is 16.6. The van der Waals surface area contributed by atoms with Crippen LogP contribution in [0.4, 0.5) is 0 Å². The molecule has 0 saturated heterocycles. The number of rotatable bonds is 52. The lowest BCUT2D eigenvalue weighted by molar-refractivity contribution is -0.167. The summed E-state index contributed by atoms with van der Waals surface area (Å²) in [6.07, 6.45) is 53.7. The summed E-state index contributed by atoms with van der Waals surface area (Å²) in [6.45, 7) is 11.4. The molecule has 0 bridgehead atoms. The van der Waals surface area contributed by atoms with Gasteiger partial charge in [0.25, 0.3) is 0 Å². The summed E-state index contributed by atoms with van der Waals surface area (Å²) < 4.78 is 16.9. The van der Waals surface area contributed by atoms with Gasteiger partial charge < -0.3 is 14.2 Å². The molecule has 0 aliphatic carbocycles. The first-order valence-corrected chi connectivity index (χ1v) is 28.8. The van der Waals surface area contributed by atoms with E-state index in [1.807, 2.05) is 0 Å². The Bertz CT molecular complexity index is 980. The van der Waals surface area contributed by atoms with Gasteiger partial charge in [-0.05, 0) is 31.1 Å². The quantitative estimate of drug-likeness (QED) is 0.0344. The largest absolute Gasteiger partial charge is 0.462 e. The van der Waals surface area contributed by atoms with Crippen molar-refractivity contribution in [3.05, 3.63) is 0 Å². The van der Waals surface area contributed by atoms with Crippen LogP contribution in [0.1, 0.15) is 324 Å². The molecule has 0 amide bonds. The Morgan fingerprint density at radius 3 is 0.891 bits per heavy atom. The second kappa shape index (κ2) is 50.8. The number of carbonyl (C=O) groups excluding carboxylic acids is 3. The molecule has 1 unspecified atom stereocenters. The lowest BCUT2D eigenvalue weighted by atomic mass is 9.99. The van der Waals surface area contributed by atoms with Crippen molar-refractivity contribution in [2.45, 2.75) is 330 Å². The normalized spacial score (nSPS) is 12.5. The van der Waals surface area contributed by atoms with Gasteiger partial charge in [0.05, 0.1) is 0 Å². The number of ether oxygens (including phenoxy) is 3. The highest BCUT2D eigenvalue weighted by molar-refractivity contribution is 5.71. The van der Waals surface area contributed by atoms with Crippen LogP contribution in [0.3, 0.4) is 0 Å². The Labute approximate surface area is 399 Å². The van der Waals surface area contributed by atoms with Gasteiger partial charge >= 0.3 is 17.9 Å². The second-order valence-electron chi connectivity index (χ2n) is 20.6. The van der Waals surface area contributed by atoms with Gasteiger partial charge in [0.1, 0.15) is 13.2 Å². The zero-order chi connectivity index (χ0) is 46.8. The summed E-state index contributed by atoms with van der Waals surface area (Å²) in [5.41, 5.74) is 0. The van der Waals surface area contributed by atoms with Gasteiger partial charge in [0.2, 0.25) is 0 Å². The van der Waals surface area contributed by atoms with Crippen LogP contribution in [0.25, 0.3) is 0 Å². The SMILES string of the molecule is CCCCCCCCCCCCCCC(=O)O[C@@H](COC(=O)CCCCCCCCCCCCCCCCC(C)CC)COC(=O)CCCCCCCCCCCCCCCC(C)C. The van der Waals surface area contributed by atoms with Crippen LogP contribution in [0.5, 0.6) is 0 Å². The molecule has 0 aromatic heterocycles. The maximum Gasteiger partial charge on any atom is 0.306 e. The summed E-state index contributed by atoms with van der Waals surface area (Å²) in [7, 11) is 0. The molecule has 0 saturated carbocycles. The van der Waals surface area contributed by atoms with E-state index in [0.717, 1.165) is 69.6 Å². The number of unbranched alkanes of at least 4 members (excludes halogenated alkanes) is 36. The topological polar surface area (TPSA) is 78.9 Å². The van der Waals surface area contributed by atoms with E-state index in [9.17, 15) is 14.4 Å². The highest BCUT2D eigenvalue weighted by Gasteiger charge is 2.19. The van der Waals surface area contributed by atoms with Crippen LogP contribution in [0, 0.1) is 11.8 Å². The molecule has 0 spiro atoms. The van der Waals surface area contributed by atoms with Gasteiger partial charge in [-0.3, -0.25) is 14.4 Å². The third kappa shape index (κ3) is 49.8. The lowest BCUT2D eigenvalue weighted by Gasteiger charge is -2.18. The fraction of sp³-hybridized carbons (Fsp3) is 0.948. The molecule has 0 radical (unpaired) electrons. The summed E-state index contributed by atoms with van der Waals surface area (Å²) in [6, 6.07) is 0. The molecule has 0 rings (SSSR count). The van der Waals surface area contributed by atoms with E-state index in [4.69, 9.17) is 14.2 Å². The Morgan fingerprint density at radius 2 is 0.594 bits per heavy atom. The standard InChI is InChI=1S/C58H112O6/c1-6-8-9-10-11-12-13-23-30-35-40-45-50-58(61)64-55(52-63-57(60)49-44-39-34-29-25-20-16-17-21-26-31-36-41-46-53(3)4)51-62-56(59)48-43-38-33-28-24-19-15-14-18-22-27-32-37-42-47-54(5)7-2/h53-55H,6-52H2,1-5H3/t54?,55-/m0/s1. The maximum absolute atomic E-state index is 12.8. The van der Waals surface area contributed by atoms with E-state index in [2.05, 4.69) is 34.6 Å². The van der Waals surface area contributed by atoms with E-state index in [0.29, 0.717) is 19.3 Å². The Balaban J connectivity index is 4.27. The molecule has 0 aliphatic rings. The van der Waals surface area contributed by atoms with E-state index in [1.165, 1.54) is 212 Å². The van der Waals surface area contributed by atoms with Crippen LogP contribution in [0.15, 0.2) is 0 Å². The van der Waals surface area contributed by atoms with Crippen molar-refractivity contribution in [1.82, 2.24) is 0 Å². The van der Waals surface area contributed by atoms with Crippen molar-refractivity contribution in [3.63, 3.8) is 0 Å². The number of carbonyl (C=O) groups is 3. The number of hydrogen-bond donors (Lipinski definition) is 0. The fourth-order valence-electron chi connectivity index (χ4n) is 8.84. The van der Waals surface area contributed by atoms with E-state index in [-0.39, 0.29) is 31.1 Å². The van der Waals surface area contributed by atoms with Crippen molar-refractivity contribution in [2.75, 3.05) is 13.2 Å². The molecule has 0 aromatic rings. The average Bonchev–Trinajstić information content (AvgIpc) is 3.28. The molecule has 2 atom stereocenters. The van der Waals surface area contributed by atoms with Gasteiger partial charge in [-0.15, -0.1) is 0 Å². The van der Waals surface area contributed by atoms with E-state index >= 15 is 0 Å². The summed E-state index contributed by atoms with van der Waals surface area (Å²) in [4.78, 5) is 38.1. The Kier molecular flexibility index (Phi) is 49.6. The Hall–Kier alpha value is -1.59. The van der Waals surface area contributed by atoms with Crippen LogP contribution in [0.2, 0.25) is 0 Å². The minimum Gasteiger partial charge on any atom is -0.462 e. The number of esters is 3. The van der Waals surface area contributed by atoms with Gasteiger partial charge in [0, 0.05) is 19.3 Å². The molecule has 0 aromatic carbocycles. The van der Waals surface area contributed by atoms with Gasteiger partial charge in [0.15, 0.2) is 6.10 Å². The molecule has 0 N–H and O–H groups in total. The summed E-state index contributed by atoms with van der Waals surface area (Å²) >= 11 is 0. The first kappa shape index (κ1) is 62.4. The van der Waals surface area contributed by atoms with Gasteiger partial charge in [-0.25, -0.2) is 0 Å². The molecule has 6 nitrogen and oxygen atoms in total. The molecule has 6 heteroatoms. The average molecular weight is 906 g/mol. The fourth-order valence-corrected chi connectivity index (χ4v) is 8.84. The minimum absolute atomic E-state index is 0.0627. The molecule has 64 heavy (non-hydrogen) atoms. The summed E-state index contributed by atoms with van der Waals surface area (Å²) in [5.74, 6) is 0.896. The zero-order valence-corrected chi connectivity index (χ0v) is 43.9. The van der Waals surface area contributed by atoms with Crippen molar-refractivity contribution in [2.24, 2.45) is 11.8 Å². The lowest BCUT2D eigenvalue weighted by Crippen LogP contribution is -2.30. The van der Waals surface area contributed by atoms with E-state index in [1.54, 1.807) is 0 Å². The van der Waals surface area contributed by atoms with Crippen molar-refractivity contribution in [1.29, 1.82) is 0 Å². The predicted octanol–water partition coefficient (Wildman–Crippen LogP) is 18.9. The Morgan fingerprint density at radius 1 is 0.328 bits per heavy atom. The maximum atomic E-state index is 12.8. The van der Waals surface area contributed by atoms with E-state index < -0.39 is 6.10 Å². The van der Waals surface area contributed by atoms with Crippen LogP contribution in [-0.4, -0.2) is 37.2 Å². The monoisotopic (exact) mass is 905 g/mol. The molecule has 0 heterocycles. The molecule has 0 fully saturated rings. The molecule has 380 valence electrons. The van der Waals surface area contributed by atoms with Gasteiger partial charge in [-0.1, -0.05) is 285 Å². The third-order valence-electron chi connectivity index (χ3n) is 13.6. The van der Waals surface area contributed by atoms with Crippen LogP contribution in [-0.2, 0) is 28.6 Å². The van der Waals surface area contributed by atoms with Gasteiger partial charge in [-0.2, -0.15) is 0 Å². The zero-order valence-electron chi connectivity index (χ0n) is 43.9. The smallest absolute Gasteiger partial charge is 0.306 e. The highest BCUT2D eigenvalue weighted by Crippen LogP contribution is 2.18. The van der Waals surface area contributed by atoms with Crippen molar-refractivity contribution in [3.8, 4) is 0 Å². The number of hydrogen-bond acceptors (Lipinski definition) is 6. The third-order valence-corrected chi connectivity index (χ3v) is 13.6. The van der Waals surface area contributed by atoms with Crippen molar-refractivity contribution < 1.29 is 28.6 Å². The second-order valence-corrected chi connectivity index (χ2v) is 20.6. The molecular formula is C58H112O6. The van der Waals surface area contributed by atoms with Crippen LogP contribution < -0.4 is 0 Å². The van der Waals surface area contributed by atoms with Crippen LogP contribution >= 0.6 is 0 Å². The predicted molar refractivity (Wildman–Crippen MR) is 275 cm³/mol. The molecule has 0 aliphatic heterocycles. The first-order valence-electron chi connectivity index (χ1n) is 28.8. The molecular weight excluding hydrogens is 793 g/mol. The minimum atomic E-state index is -0.762. The first-order chi connectivity index (χ1) is 31.3.